The Hall–Kier alpha value is -1.19. The minimum Gasteiger partial charge on any atom is -0.386 e. The normalized spacial score (nSPS) is 20.3. The van der Waals surface area contributed by atoms with Crippen molar-refractivity contribution in [3.8, 4) is 0 Å². The van der Waals surface area contributed by atoms with Crippen LogP contribution in [0.15, 0.2) is 36.2 Å². The Morgan fingerprint density at radius 3 is 2.72 bits per heavy atom. The summed E-state index contributed by atoms with van der Waals surface area (Å²) in [6.07, 6.45) is 4.26. The van der Waals surface area contributed by atoms with Crippen molar-refractivity contribution in [2.75, 3.05) is 13.7 Å². The van der Waals surface area contributed by atoms with Crippen molar-refractivity contribution >= 4 is 11.6 Å². The van der Waals surface area contributed by atoms with Crippen LogP contribution in [0.1, 0.15) is 24.5 Å². The topological polar surface area (TPSA) is 47.3 Å². The summed E-state index contributed by atoms with van der Waals surface area (Å²) in [5, 5.41) is 3.89. The van der Waals surface area contributed by atoms with E-state index in [1.165, 1.54) is 5.56 Å². The van der Waals surface area contributed by atoms with Crippen LogP contribution in [-0.2, 0) is 4.74 Å². The van der Waals surface area contributed by atoms with Gasteiger partial charge in [-0.3, -0.25) is 0 Å². The van der Waals surface area contributed by atoms with Crippen LogP contribution in [0.4, 0.5) is 0 Å². The minimum atomic E-state index is 0.123. The predicted octanol–water partition coefficient (Wildman–Crippen LogP) is 2.83. The largest absolute Gasteiger partial charge is 0.386 e. The Labute approximate surface area is 113 Å². The number of halogens is 1. The van der Waals surface area contributed by atoms with Gasteiger partial charge < -0.3 is 15.8 Å². The van der Waals surface area contributed by atoms with Crippen LogP contribution in [0.25, 0.3) is 0 Å². The Balaban J connectivity index is 1.91. The van der Waals surface area contributed by atoms with Crippen LogP contribution in [-0.4, -0.2) is 13.7 Å². The van der Waals surface area contributed by atoms with E-state index in [2.05, 4.69) is 11.4 Å². The van der Waals surface area contributed by atoms with Gasteiger partial charge in [-0.15, -0.1) is 0 Å². The third-order valence-corrected chi connectivity index (χ3v) is 3.56. The van der Waals surface area contributed by atoms with Crippen LogP contribution >= 0.6 is 11.6 Å². The molecule has 2 rings (SSSR count). The van der Waals surface area contributed by atoms with Gasteiger partial charge in [-0.2, -0.15) is 0 Å². The van der Waals surface area contributed by atoms with Crippen LogP contribution in [0.5, 0.6) is 0 Å². The number of ether oxygens (including phenoxy) is 1. The molecule has 1 aromatic rings. The van der Waals surface area contributed by atoms with E-state index in [1.54, 1.807) is 7.11 Å². The highest BCUT2D eigenvalue weighted by molar-refractivity contribution is 6.30. The van der Waals surface area contributed by atoms with Crippen molar-refractivity contribution in [3.63, 3.8) is 0 Å². The summed E-state index contributed by atoms with van der Waals surface area (Å²) in [6, 6.07) is 7.84. The maximum atomic E-state index is 5.89. The molecular weight excluding hydrogens is 248 g/mol. The molecule has 0 bridgehead atoms. The van der Waals surface area contributed by atoms with E-state index in [-0.39, 0.29) is 6.10 Å². The Morgan fingerprint density at radius 1 is 1.44 bits per heavy atom. The maximum Gasteiger partial charge on any atom is 0.0922 e. The van der Waals surface area contributed by atoms with Gasteiger partial charge in [0.2, 0.25) is 0 Å². The lowest BCUT2D eigenvalue weighted by Gasteiger charge is -2.17. The molecule has 0 spiro atoms. The van der Waals surface area contributed by atoms with Crippen LogP contribution < -0.4 is 11.1 Å². The molecule has 3 nitrogen and oxygen atoms in total. The second-order valence-corrected chi connectivity index (χ2v) is 5.05. The van der Waals surface area contributed by atoms with Crippen molar-refractivity contribution in [3.05, 3.63) is 46.7 Å². The average Bonchev–Trinajstić information content (AvgIpc) is 2.78. The average molecular weight is 267 g/mol. The van der Waals surface area contributed by atoms with Gasteiger partial charge in [-0.25, -0.2) is 0 Å². The molecule has 3 N–H and O–H groups in total. The highest BCUT2D eigenvalue weighted by atomic mass is 35.5. The van der Waals surface area contributed by atoms with Crippen LogP contribution in [0.2, 0.25) is 5.02 Å². The highest BCUT2D eigenvalue weighted by Gasteiger charge is 2.17. The molecule has 18 heavy (non-hydrogen) atoms. The molecule has 0 saturated carbocycles. The summed E-state index contributed by atoms with van der Waals surface area (Å²) in [7, 11) is 1.75. The first kappa shape index (κ1) is 13.2. The fraction of sp³-hybridized carbons (Fsp3) is 0.429. The van der Waals surface area contributed by atoms with Gasteiger partial charge in [-0.05, 0) is 42.5 Å². The smallest absolute Gasteiger partial charge is 0.0922 e. The lowest BCUT2D eigenvalue weighted by Crippen LogP contribution is -2.16. The van der Waals surface area contributed by atoms with E-state index < -0.39 is 0 Å². The molecule has 0 unspecified atom stereocenters. The summed E-state index contributed by atoms with van der Waals surface area (Å²) in [5.74, 6) is 1.30. The molecule has 2 atom stereocenters. The minimum absolute atomic E-state index is 0.123. The first-order valence-corrected chi connectivity index (χ1v) is 6.56. The van der Waals surface area contributed by atoms with E-state index in [4.69, 9.17) is 22.1 Å². The van der Waals surface area contributed by atoms with E-state index in [0.29, 0.717) is 5.92 Å². The zero-order chi connectivity index (χ0) is 13.0. The molecule has 0 saturated heterocycles. The molecule has 4 heteroatoms. The van der Waals surface area contributed by atoms with E-state index in [9.17, 15) is 0 Å². The van der Waals surface area contributed by atoms with Crippen LogP contribution in [0.3, 0.4) is 0 Å². The zero-order valence-corrected chi connectivity index (χ0v) is 11.3. The van der Waals surface area contributed by atoms with Crippen LogP contribution in [0, 0.1) is 5.92 Å². The molecule has 1 aliphatic rings. The lowest BCUT2D eigenvalue weighted by molar-refractivity contribution is 0.0912. The van der Waals surface area contributed by atoms with E-state index >= 15 is 0 Å². The van der Waals surface area contributed by atoms with Crippen molar-refractivity contribution < 1.29 is 4.74 Å². The third-order valence-electron chi connectivity index (χ3n) is 3.31. The number of hydrogen-bond acceptors (Lipinski definition) is 3. The van der Waals surface area contributed by atoms with Crippen molar-refractivity contribution in [1.82, 2.24) is 5.32 Å². The van der Waals surface area contributed by atoms with Gasteiger partial charge in [-0.1, -0.05) is 23.7 Å². The lowest BCUT2D eigenvalue weighted by atomic mass is 9.98. The molecule has 0 fully saturated rings. The fourth-order valence-corrected chi connectivity index (χ4v) is 2.40. The number of hydrogen-bond donors (Lipinski definition) is 2. The highest BCUT2D eigenvalue weighted by Crippen LogP contribution is 2.26. The summed E-state index contributed by atoms with van der Waals surface area (Å²) in [5.41, 5.74) is 6.87. The first-order chi connectivity index (χ1) is 8.69. The van der Waals surface area contributed by atoms with Crippen molar-refractivity contribution in [2.24, 2.45) is 11.7 Å². The second-order valence-electron chi connectivity index (χ2n) is 4.62. The van der Waals surface area contributed by atoms with Gasteiger partial charge in [0.05, 0.1) is 11.9 Å². The van der Waals surface area contributed by atoms with Gasteiger partial charge in [0.15, 0.2) is 0 Å². The third kappa shape index (κ3) is 3.40. The number of rotatable bonds is 5. The molecule has 0 aromatic heterocycles. The predicted molar refractivity (Wildman–Crippen MR) is 74.2 cm³/mol. The molecule has 0 aliphatic carbocycles. The molecule has 0 radical (unpaired) electrons. The number of nitrogens with one attached hydrogen (secondary N) is 1. The Kier molecular flexibility index (Phi) is 4.50. The van der Waals surface area contributed by atoms with Crippen molar-refractivity contribution in [2.45, 2.75) is 18.9 Å². The maximum absolute atomic E-state index is 5.89. The fourth-order valence-electron chi connectivity index (χ4n) is 2.27. The summed E-state index contributed by atoms with van der Waals surface area (Å²) in [6.45, 7) is 0.933. The summed E-state index contributed by atoms with van der Waals surface area (Å²) < 4.78 is 5.55. The zero-order valence-electron chi connectivity index (χ0n) is 10.5. The Bertz CT molecular complexity index is 416. The van der Waals surface area contributed by atoms with Gasteiger partial charge in [0.25, 0.3) is 0 Å². The monoisotopic (exact) mass is 266 g/mol. The molecule has 0 amide bonds. The molecule has 98 valence electrons. The first-order valence-electron chi connectivity index (χ1n) is 6.18. The van der Waals surface area contributed by atoms with Crippen molar-refractivity contribution in [1.29, 1.82) is 0 Å². The molecule has 1 aromatic carbocycles. The van der Waals surface area contributed by atoms with Gasteiger partial charge in [0.1, 0.15) is 0 Å². The van der Waals surface area contributed by atoms with Gasteiger partial charge in [0, 0.05) is 18.7 Å². The standard InChI is InChI=1S/C14H19ClN2O/c1-18-13(11-3-5-12(15)6-4-11)7-2-10-8-14(16)17-9-10/h3-6,8,10,13,17H,2,7,9,16H2,1H3/t10-,13-/m0/s1. The number of nitrogens with two attached hydrogens (primary N) is 1. The number of benzene rings is 1. The number of methoxy groups -OCH3 is 1. The quantitative estimate of drug-likeness (QED) is 0.862. The molecular formula is C14H19ClN2O. The second kappa shape index (κ2) is 6.12. The summed E-state index contributed by atoms with van der Waals surface area (Å²) in [4.78, 5) is 0. The Morgan fingerprint density at radius 2 is 2.17 bits per heavy atom. The van der Waals surface area contributed by atoms with E-state index in [0.717, 1.165) is 30.2 Å². The molecule has 1 aliphatic heterocycles. The summed E-state index contributed by atoms with van der Waals surface area (Å²) >= 11 is 5.89. The van der Waals surface area contributed by atoms with E-state index in [1.807, 2.05) is 24.3 Å². The van der Waals surface area contributed by atoms with Gasteiger partial charge >= 0.3 is 0 Å². The molecule has 1 heterocycles. The SMILES string of the molecule is CO[C@@H](CC[C@H]1C=C(N)NC1)c1ccc(Cl)cc1.